The zero-order chi connectivity index (χ0) is 17.0. The molecule has 23 heavy (non-hydrogen) atoms. The SMILES string of the molecule is COc1ccc(C)cc1CCNC(=O)c1csc(S(N)(=O)=O)c1. The van der Waals surface area contributed by atoms with E-state index in [0.29, 0.717) is 13.0 Å². The summed E-state index contributed by atoms with van der Waals surface area (Å²) >= 11 is 0.929. The maximum absolute atomic E-state index is 12.0. The largest absolute Gasteiger partial charge is 0.496 e. The number of benzene rings is 1. The number of carbonyl (C=O) groups excluding carboxylic acids is 1. The molecule has 124 valence electrons. The molecular formula is C15H18N2O4S2. The summed E-state index contributed by atoms with van der Waals surface area (Å²) in [6.45, 7) is 2.40. The van der Waals surface area contributed by atoms with Gasteiger partial charge in [-0.3, -0.25) is 4.79 Å². The topological polar surface area (TPSA) is 98.5 Å². The van der Waals surface area contributed by atoms with Crippen molar-refractivity contribution >= 4 is 27.3 Å². The third-order valence-electron chi connectivity index (χ3n) is 3.23. The molecule has 1 heterocycles. The molecule has 0 aliphatic heterocycles. The highest BCUT2D eigenvalue weighted by Gasteiger charge is 2.15. The van der Waals surface area contributed by atoms with Crippen molar-refractivity contribution in [1.82, 2.24) is 5.32 Å². The van der Waals surface area contributed by atoms with Crippen molar-refractivity contribution in [3.05, 3.63) is 46.3 Å². The van der Waals surface area contributed by atoms with Crippen molar-refractivity contribution in [3.8, 4) is 5.75 Å². The van der Waals surface area contributed by atoms with E-state index in [9.17, 15) is 13.2 Å². The van der Waals surface area contributed by atoms with Gasteiger partial charge in [0.15, 0.2) is 0 Å². The van der Waals surface area contributed by atoms with Gasteiger partial charge >= 0.3 is 0 Å². The summed E-state index contributed by atoms with van der Waals surface area (Å²) in [5, 5.41) is 9.26. The van der Waals surface area contributed by atoms with Crippen molar-refractivity contribution in [2.24, 2.45) is 5.14 Å². The highest BCUT2D eigenvalue weighted by molar-refractivity contribution is 7.91. The molecule has 0 unspecified atom stereocenters. The number of nitrogens with two attached hydrogens (primary N) is 1. The number of rotatable bonds is 6. The molecule has 0 saturated heterocycles. The molecule has 0 atom stereocenters. The number of methoxy groups -OCH3 is 1. The molecule has 6 nitrogen and oxygen atoms in total. The minimum absolute atomic E-state index is 0.0250. The van der Waals surface area contributed by atoms with Crippen molar-refractivity contribution in [3.63, 3.8) is 0 Å². The van der Waals surface area contributed by atoms with Gasteiger partial charge in [-0.15, -0.1) is 11.3 Å². The van der Waals surface area contributed by atoms with Crippen LogP contribution in [0.2, 0.25) is 0 Å². The van der Waals surface area contributed by atoms with E-state index in [1.165, 1.54) is 11.4 Å². The van der Waals surface area contributed by atoms with Gasteiger partial charge in [-0.2, -0.15) is 0 Å². The number of amides is 1. The Morgan fingerprint density at radius 2 is 2.09 bits per heavy atom. The lowest BCUT2D eigenvalue weighted by atomic mass is 10.1. The van der Waals surface area contributed by atoms with Crippen LogP contribution in [-0.4, -0.2) is 28.0 Å². The van der Waals surface area contributed by atoms with E-state index < -0.39 is 10.0 Å². The first-order valence-electron chi connectivity index (χ1n) is 6.84. The van der Waals surface area contributed by atoms with Crippen LogP contribution in [0.4, 0.5) is 0 Å². The van der Waals surface area contributed by atoms with Gasteiger partial charge in [0.05, 0.1) is 12.7 Å². The minimum atomic E-state index is -3.77. The van der Waals surface area contributed by atoms with Gasteiger partial charge in [0.1, 0.15) is 9.96 Å². The molecule has 1 aromatic heterocycles. The van der Waals surface area contributed by atoms with Crippen LogP contribution in [0.5, 0.6) is 5.75 Å². The summed E-state index contributed by atoms with van der Waals surface area (Å²) in [7, 11) is -2.17. The van der Waals surface area contributed by atoms with Gasteiger partial charge in [0.25, 0.3) is 5.91 Å². The predicted octanol–water partition coefficient (Wildman–Crippen LogP) is 1.69. The maximum Gasteiger partial charge on any atom is 0.252 e. The number of hydrogen-bond acceptors (Lipinski definition) is 5. The maximum atomic E-state index is 12.0. The Morgan fingerprint density at radius 3 is 2.70 bits per heavy atom. The number of carbonyl (C=O) groups is 1. The molecule has 0 spiro atoms. The third-order valence-corrected chi connectivity index (χ3v) is 5.62. The molecule has 0 radical (unpaired) electrons. The fraction of sp³-hybridized carbons (Fsp3) is 0.267. The van der Waals surface area contributed by atoms with Gasteiger partial charge < -0.3 is 10.1 Å². The molecule has 0 fully saturated rings. The highest BCUT2D eigenvalue weighted by Crippen LogP contribution is 2.20. The Morgan fingerprint density at radius 1 is 1.35 bits per heavy atom. The third kappa shape index (κ3) is 4.54. The quantitative estimate of drug-likeness (QED) is 0.824. The molecule has 0 aliphatic rings. The van der Waals surface area contributed by atoms with Gasteiger partial charge in [0, 0.05) is 11.9 Å². The first-order chi connectivity index (χ1) is 10.8. The molecule has 0 aliphatic carbocycles. The average molecular weight is 354 g/mol. The number of hydrogen-bond donors (Lipinski definition) is 2. The fourth-order valence-corrected chi connectivity index (χ4v) is 3.69. The average Bonchev–Trinajstić information content (AvgIpc) is 2.97. The van der Waals surface area contributed by atoms with E-state index in [1.54, 1.807) is 7.11 Å². The minimum Gasteiger partial charge on any atom is -0.496 e. The second-order valence-electron chi connectivity index (χ2n) is 5.02. The number of aryl methyl sites for hydroxylation is 1. The number of nitrogens with one attached hydrogen (secondary N) is 1. The Kier molecular flexibility index (Phi) is 5.40. The Labute approximate surface area is 139 Å². The summed E-state index contributed by atoms with van der Waals surface area (Å²) in [5.41, 5.74) is 2.40. The molecule has 0 bridgehead atoms. The number of sulfonamides is 1. The summed E-state index contributed by atoms with van der Waals surface area (Å²) in [4.78, 5) is 12.0. The molecule has 2 rings (SSSR count). The van der Waals surface area contributed by atoms with Crippen molar-refractivity contribution in [2.45, 2.75) is 17.6 Å². The Hall–Kier alpha value is -1.90. The lowest BCUT2D eigenvalue weighted by Crippen LogP contribution is -2.25. The smallest absolute Gasteiger partial charge is 0.252 e. The van der Waals surface area contributed by atoms with Crippen LogP contribution in [0.1, 0.15) is 21.5 Å². The first-order valence-corrected chi connectivity index (χ1v) is 9.27. The summed E-state index contributed by atoms with van der Waals surface area (Å²) in [5.74, 6) is 0.444. The standard InChI is InChI=1S/C15H18N2O4S2/c1-10-3-4-13(21-2)11(7-10)5-6-17-15(18)12-8-14(22-9-12)23(16,19)20/h3-4,7-9H,5-6H2,1-2H3,(H,17,18)(H2,16,19,20). The summed E-state index contributed by atoms with van der Waals surface area (Å²) < 4.78 is 27.7. The molecule has 0 saturated carbocycles. The normalized spacial score (nSPS) is 11.3. The molecular weight excluding hydrogens is 336 g/mol. The summed E-state index contributed by atoms with van der Waals surface area (Å²) in [6, 6.07) is 7.14. The van der Waals surface area contributed by atoms with E-state index in [1.807, 2.05) is 25.1 Å². The zero-order valence-corrected chi connectivity index (χ0v) is 14.5. The second-order valence-corrected chi connectivity index (χ2v) is 7.72. The Balaban J connectivity index is 1.98. The van der Waals surface area contributed by atoms with Crippen LogP contribution >= 0.6 is 11.3 Å². The second kappa shape index (κ2) is 7.12. The lowest BCUT2D eigenvalue weighted by molar-refractivity contribution is 0.0954. The van der Waals surface area contributed by atoms with Crippen molar-refractivity contribution in [2.75, 3.05) is 13.7 Å². The van der Waals surface area contributed by atoms with Gasteiger partial charge in [0.2, 0.25) is 10.0 Å². The van der Waals surface area contributed by atoms with Crippen LogP contribution in [0.25, 0.3) is 0 Å². The van der Waals surface area contributed by atoms with Crippen molar-refractivity contribution < 1.29 is 17.9 Å². The van der Waals surface area contributed by atoms with E-state index in [4.69, 9.17) is 9.88 Å². The van der Waals surface area contributed by atoms with E-state index >= 15 is 0 Å². The van der Waals surface area contributed by atoms with Crippen molar-refractivity contribution in [1.29, 1.82) is 0 Å². The van der Waals surface area contributed by atoms with Crippen LogP contribution < -0.4 is 15.2 Å². The monoisotopic (exact) mass is 354 g/mol. The molecule has 1 amide bonds. The van der Waals surface area contributed by atoms with Crippen LogP contribution in [0.3, 0.4) is 0 Å². The van der Waals surface area contributed by atoms with Gasteiger partial charge in [-0.25, -0.2) is 13.6 Å². The molecule has 2 aromatic rings. The molecule has 3 N–H and O–H groups in total. The van der Waals surface area contributed by atoms with E-state index in [2.05, 4.69) is 5.32 Å². The first kappa shape index (κ1) is 17.5. The van der Waals surface area contributed by atoms with Crippen LogP contribution in [0.15, 0.2) is 33.9 Å². The number of thiophene rings is 1. The predicted molar refractivity (Wildman–Crippen MR) is 89.5 cm³/mol. The lowest BCUT2D eigenvalue weighted by Gasteiger charge is -2.10. The highest BCUT2D eigenvalue weighted by atomic mass is 32.2. The van der Waals surface area contributed by atoms with E-state index in [0.717, 1.165) is 28.2 Å². The molecule has 8 heteroatoms. The summed E-state index contributed by atoms with van der Waals surface area (Å²) in [6.07, 6.45) is 0.614. The van der Waals surface area contributed by atoms with Crippen LogP contribution in [-0.2, 0) is 16.4 Å². The number of ether oxygens (including phenoxy) is 1. The van der Waals surface area contributed by atoms with E-state index in [-0.39, 0.29) is 15.7 Å². The zero-order valence-electron chi connectivity index (χ0n) is 12.8. The Bertz CT molecular complexity index is 813. The van der Waals surface area contributed by atoms with Gasteiger partial charge in [-0.1, -0.05) is 17.7 Å². The fourth-order valence-electron chi connectivity index (χ4n) is 2.10. The molecule has 1 aromatic carbocycles. The van der Waals surface area contributed by atoms with Gasteiger partial charge in [-0.05, 0) is 31.0 Å². The van der Waals surface area contributed by atoms with Crippen LogP contribution in [0, 0.1) is 6.92 Å². The number of primary sulfonamides is 1.